The molecule has 1 aromatic heterocycles. The Morgan fingerprint density at radius 1 is 1.34 bits per heavy atom. The van der Waals surface area contributed by atoms with Crippen molar-refractivity contribution in [3.8, 4) is 6.07 Å². The minimum atomic E-state index is -4.16. The molecular formula is C19H19N5O4S. The van der Waals surface area contributed by atoms with E-state index in [1.54, 1.807) is 32.9 Å². The molecule has 10 heteroatoms. The molecule has 9 nitrogen and oxygen atoms in total. The summed E-state index contributed by atoms with van der Waals surface area (Å²) in [5, 5.41) is 14.1. The number of carbonyl (C=O) groups is 2. The standard InChI is InChI=1S/C19H19N5O4S/c1-11-4-5-16-17(6-11)29(27,28)24(19(26)23-16)10-18(25)22-13(3)15-9-21-14(8-20)7-12(15)2/h4-7,9,13H,10H2,1-3H3,(H,22,25)(H,23,26)/t13-/m1/s1. The molecule has 1 atom stereocenters. The fourth-order valence-corrected chi connectivity index (χ4v) is 4.61. The third kappa shape index (κ3) is 3.90. The summed E-state index contributed by atoms with van der Waals surface area (Å²) in [7, 11) is -4.16. The van der Waals surface area contributed by atoms with Gasteiger partial charge in [0.1, 0.15) is 23.2 Å². The lowest BCUT2D eigenvalue weighted by Crippen LogP contribution is -2.49. The number of fused-ring (bicyclic) bond motifs is 1. The molecule has 29 heavy (non-hydrogen) atoms. The Bertz CT molecular complexity index is 1150. The zero-order chi connectivity index (χ0) is 21.3. The predicted octanol–water partition coefficient (Wildman–Crippen LogP) is 1.98. The lowest BCUT2D eigenvalue weighted by atomic mass is 10.0. The van der Waals surface area contributed by atoms with Crippen LogP contribution in [-0.4, -0.2) is 36.2 Å². The van der Waals surface area contributed by atoms with Crippen LogP contribution in [0.1, 0.15) is 35.3 Å². The number of aryl methyl sites for hydroxylation is 2. The molecule has 0 spiro atoms. The van der Waals surface area contributed by atoms with Crippen LogP contribution in [0.2, 0.25) is 0 Å². The number of pyridine rings is 1. The van der Waals surface area contributed by atoms with Crippen molar-refractivity contribution in [3.63, 3.8) is 0 Å². The molecule has 0 aliphatic carbocycles. The summed E-state index contributed by atoms with van der Waals surface area (Å²) in [5.41, 5.74) is 2.60. The molecule has 2 N–H and O–H groups in total. The average Bonchev–Trinajstić information content (AvgIpc) is 2.65. The number of nitriles is 1. The molecule has 3 rings (SSSR count). The number of hydrogen-bond donors (Lipinski definition) is 2. The van der Waals surface area contributed by atoms with Crippen molar-refractivity contribution < 1.29 is 18.0 Å². The predicted molar refractivity (Wildman–Crippen MR) is 104 cm³/mol. The normalized spacial score (nSPS) is 15.7. The summed E-state index contributed by atoms with van der Waals surface area (Å²) < 4.78 is 26.2. The Morgan fingerprint density at radius 2 is 2.07 bits per heavy atom. The average molecular weight is 413 g/mol. The first-order valence-corrected chi connectivity index (χ1v) is 10.2. The van der Waals surface area contributed by atoms with E-state index < -0.39 is 34.5 Å². The Hall–Kier alpha value is -3.45. The van der Waals surface area contributed by atoms with E-state index in [4.69, 9.17) is 5.26 Å². The monoisotopic (exact) mass is 413 g/mol. The van der Waals surface area contributed by atoms with Crippen molar-refractivity contribution in [1.82, 2.24) is 14.6 Å². The van der Waals surface area contributed by atoms with Crippen LogP contribution < -0.4 is 10.6 Å². The Labute approximate surface area is 168 Å². The smallest absolute Gasteiger partial charge is 0.336 e. The van der Waals surface area contributed by atoms with Gasteiger partial charge in [-0.3, -0.25) is 4.79 Å². The number of sulfonamides is 1. The molecule has 1 aromatic carbocycles. The molecule has 1 aliphatic heterocycles. The highest BCUT2D eigenvalue weighted by Crippen LogP contribution is 2.30. The van der Waals surface area contributed by atoms with Crippen molar-refractivity contribution in [2.24, 2.45) is 0 Å². The number of rotatable bonds is 4. The number of hydrogen-bond acceptors (Lipinski definition) is 6. The van der Waals surface area contributed by atoms with Crippen molar-refractivity contribution in [1.29, 1.82) is 5.26 Å². The van der Waals surface area contributed by atoms with E-state index in [2.05, 4.69) is 15.6 Å². The van der Waals surface area contributed by atoms with Gasteiger partial charge in [-0.1, -0.05) is 6.07 Å². The topological polar surface area (TPSA) is 132 Å². The molecule has 0 radical (unpaired) electrons. The fraction of sp³-hybridized carbons (Fsp3) is 0.263. The van der Waals surface area contributed by atoms with Gasteiger partial charge in [-0.05, 0) is 55.7 Å². The molecule has 3 amide bonds. The van der Waals surface area contributed by atoms with E-state index in [0.29, 0.717) is 15.4 Å². The maximum absolute atomic E-state index is 12.8. The van der Waals surface area contributed by atoms with Crippen LogP contribution in [0.5, 0.6) is 0 Å². The minimum absolute atomic E-state index is 0.0508. The van der Waals surface area contributed by atoms with E-state index in [0.717, 1.165) is 5.56 Å². The third-order valence-electron chi connectivity index (χ3n) is 4.57. The molecule has 0 fully saturated rings. The van der Waals surface area contributed by atoms with E-state index in [9.17, 15) is 18.0 Å². The van der Waals surface area contributed by atoms with Gasteiger partial charge in [0, 0.05) is 6.20 Å². The Balaban J connectivity index is 1.78. The Kier molecular flexibility index (Phi) is 5.26. The van der Waals surface area contributed by atoms with E-state index in [1.165, 1.54) is 18.3 Å². The second kappa shape index (κ2) is 7.52. The maximum atomic E-state index is 12.8. The quantitative estimate of drug-likeness (QED) is 0.788. The summed E-state index contributed by atoms with van der Waals surface area (Å²) in [6, 6.07) is 6.80. The van der Waals surface area contributed by atoms with Crippen molar-refractivity contribution in [2.45, 2.75) is 31.7 Å². The van der Waals surface area contributed by atoms with Crippen LogP contribution in [-0.2, 0) is 14.8 Å². The number of nitrogens with zero attached hydrogens (tertiary/aromatic N) is 3. The first kappa shape index (κ1) is 20.3. The minimum Gasteiger partial charge on any atom is -0.348 e. The van der Waals surface area contributed by atoms with E-state index in [1.807, 2.05) is 6.07 Å². The third-order valence-corrected chi connectivity index (χ3v) is 6.34. The van der Waals surface area contributed by atoms with Crippen LogP contribution in [0, 0.1) is 25.2 Å². The highest BCUT2D eigenvalue weighted by Gasteiger charge is 2.38. The molecule has 2 aromatic rings. The van der Waals surface area contributed by atoms with Gasteiger partial charge in [0.15, 0.2) is 0 Å². The molecule has 2 heterocycles. The number of urea groups is 1. The lowest BCUT2D eigenvalue weighted by molar-refractivity contribution is -0.121. The van der Waals surface area contributed by atoms with Gasteiger partial charge in [0.05, 0.1) is 11.7 Å². The van der Waals surface area contributed by atoms with Crippen LogP contribution >= 0.6 is 0 Å². The first-order chi connectivity index (χ1) is 13.6. The number of nitrogens with one attached hydrogen (secondary N) is 2. The first-order valence-electron chi connectivity index (χ1n) is 8.74. The van der Waals surface area contributed by atoms with Crippen LogP contribution in [0.3, 0.4) is 0 Å². The van der Waals surface area contributed by atoms with E-state index >= 15 is 0 Å². The largest absolute Gasteiger partial charge is 0.348 e. The molecule has 0 saturated heterocycles. The van der Waals surface area contributed by atoms with Crippen molar-refractivity contribution in [2.75, 3.05) is 11.9 Å². The fourth-order valence-electron chi connectivity index (χ4n) is 3.08. The number of carbonyl (C=O) groups excluding carboxylic acids is 2. The summed E-state index contributed by atoms with van der Waals surface area (Å²) >= 11 is 0. The second-order valence-electron chi connectivity index (χ2n) is 6.77. The summed E-state index contributed by atoms with van der Waals surface area (Å²) in [5.74, 6) is -0.643. The Morgan fingerprint density at radius 3 is 2.72 bits per heavy atom. The molecule has 0 unspecified atom stereocenters. The van der Waals surface area contributed by atoms with Crippen LogP contribution in [0.4, 0.5) is 10.5 Å². The number of anilines is 1. The zero-order valence-corrected chi connectivity index (χ0v) is 16.9. The second-order valence-corrected chi connectivity index (χ2v) is 8.60. The molecule has 1 aliphatic rings. The van der Waals surface area contributed by atoms with Gasteiger partial charge in [-0.15, -0.1) is 0 Å². The molecular weight excluding hydrogens is 394 g/mol. The summed E-state index contributed by atoms with van der Waals surface area (Å²) in [4.78, 5) is 28.7. The molecule has 0 saturated carbocycles. The van der Waals surface area contributed by atoms with Crippen molar-refractivity contribution in [3.05, 3.63) is 52.8 Å². The van der Waals surface area contributed by atoms with Crippen LogP contribution in [0.25, 0.3) is 0 Å². The summed E-state index contributed by atoms with van der Waals surface area (Å²) in [6.07, 6.45) is 1.49. The van der Waals surface area contributed by atoms with Gasteiger partial charge >= 0.3 is 6.03 Å². The van der Waals surface area contributed by atoms with Gasteiger partial charge in [-0.2, -0.15) is 5.26 Å². The lowest BCUT2D eigenvalue weighted by Gasteiger charge is -2.29. The van der Waals surface area contributed by atoms with Crippen LogP contribution in [0.15, 0.2) is 35.4 Å². The molecule has 0 bridgehead atoms. The zero-order valence-electron chi connectivity index (χ0n) is 16.1. The van der Waals surface area contributed by atoms with Gasteiger partial charge in [0.2, 0.25) is 5.91 Å². The molecule has 150 valence electrons. The van der Waals surface area contributed by atoms with Gasteiger partial charge in [-0.25, -0.2) is 22.5 Å². The number of benzene rings is 1. The SMILES string of the molecule is Cc1ccc2c(c1)S(=O)(=O)N(CC(=O)N[C@H](C)c1cnc(C#N)cc1C)C(=O)N2. The number of amides is 3. The van der Waals surface area contributed by atoms with Gasteiger partial charge < -0.3 is 10.6 Å². The highest BCUT2D eigenvalue weighted by molar-refractivity contribution is 7.90. The van der Waals surface area contributed by atoms with Crippen molar-refractivity contribution >= 4 is 27.6 Å². The van der Waals surface area contributed by atoms with Gasteiger partial charge in [0.25, 0.3) is 10.0 Å². The van der Waals surface area contributed by atoms with E-state index in [-0.39, 0.29) is 16.3 Å². The maximum Gasteiger partial charge on any atom is 0.336 e. The summed E-state index contributed by atoms with van der Waals surface area (Å²) in [6.45, 7) is 4.56. The number of aromatic nitrogens is 1. The highest BCUT2D eigenvalue weighted by atomic mass is 32.2.